The fraction of sp³-hybridized carbons (Fsp3) is 0.348. The molecule has 4 rings (SSSR count). The Hall–Kier alpha value is -2.95. The molecule has 2 aromatic rings. The summed E-state index contributed by atoms with van der Waals surface area (Å²) >= 11 is 0. The first-order valence-corrected chi connectivity index (χ1v) is 9.89. The Morgan fingerprint density at radius 1 is 1.00 bits per heavy atom. The molecule has 0 spiro atoms. The summed E-state index contributed by atoms with van der Waals surface area (Å²) in [7, 11) is 0. The van der Waals surface area contributed by atoms with Crippen LogP contribution in [0.3, 0.4) is 0 Å². The van der Waals surface area contributed by atoms with E-state index in [1.54, 1.807) is 42.5 Å². The molecule has 1 aliphatic carbocycles. The number of hydrogen-bond acceptors (Lipinski definition) is 3. The third kappa shape index (κ3) is 3.44. The van der Waals surface area contributed by atoms with E-state index in [-0.39, 0.29) is 30.3 Å². The van der Waals surface area contributed by atoms with Gasteiger partial charge in [-0.1, -0.05) is 44.0 Å². The molecule has 3 amide bonds. The number of carbonyl (C=O) groups excluding carboxylic acids is 3. The monoisotopic (exact) mass is 376 g/mol. The first kappa shape index (κ1) is 18.4. The minimum Gasteiger partial charge on any atom is -0.349 e. The van der Waals surface area contributed by atoms with E-state index in [2.05, 4.69) is 12.2 Å². The topological polar surface area (TPSA) is 66.5 Å². The van der Waals surface area contributed by atoms with Crippen molar-refractivity contribution in [2.45, 2.75) is 45.2 Å². The standard InChI is InChI=1S/C23H24N2O3/c1-15-7-2-5-12-20(15)24-21(26)17-9-6-8-16(13-17)14-25-22(27)18-10-3-4-11-19(18)23(25)28/h3-4,6,8-11,13,15,20H,2,5,7,12,14H2,1H3,(H,24,26)/t15-,20+/m1/s1. The number of amides is 3. The molecule has 0 unspecified atom stereocenters. The van der Waals surface area contributed by atoms with Crippen molar-refractivity contribution < 1.29 is 14.4 Å². The van der Waals surface area contributed by atoms with Gasteiger partial charge in [0.15, 0.2) is 0 Å². The molecule has 2 atom stereocenters. The second-order valence-corrected chi connectivity index (χ2v) is 7.78. The van der Waals surface area contributed by atoms with Crippen molar-refractivity contribution in [1.82, 2.24) is 10.2 Å². The number of hydrogen-bond donors (Lipinski definition) is 1. The Morgan fingerprint density at radius 3 is 2.36 bits per heavy atom. The Labute approximate surface area is 164 Å². The van der Waals surface area contributed by atoms with Gasteiger partial charge in [-0.05, 0) is 48.6 Å². The number of benzene rings is 2. The van der Waals surface area contributed by atoms with Crippen molar-refractivity contribution in [3.63, 3.8) is 0 Å². The summed E-state index contributed by atoms with van der Waals surface area (Å²) in [6, 6.07) is 14.2. The zero-order chi connectivity index (χ0) is 19.7. The summed E-state index contributed by atoms with van der Waals surface area (Å²) in [5.41, 5.74) is 2.20. The lowest BCUT2D eigenvalue weighted by atomic mass is 9.86. The molecule has 1 heterocycles. The lowest BCUT2D eigenvalue weighted by Crippen LogP contribution is -2.41. The minimum atomic E-state index is -0.286. The zero-order valence-electron chi connectivity index (χ0n) is 16.0. The predicted octanol–water partition coefficient (Wildman–Crippen LogP) is 3.79. The van der Waals surface area contributed by atoms with Crippen molar-refractivity contribution in [2.24, 2.45) is 5.92 Å². The Morgan fingerprint density at radius 2 is 1.68 bits per heavy atom. The summed E-state index contributed by atoms with van der Waals surface area (Å²) in [6.45, 7) is 2.34. The molecular formula is C23H24N2O3. The highest BCUT2D eigenvalue weighted by molar-refractivity contribution is 6.21. The fourth-order valence-corrected chi connectivity index (χ4v) is 4.16. The van der Waals surface area contributed by atoms with Gasteiger partial charge in [0.25, 0.3) is 17.7 Å². The van der Waals surface area contributed by atoms with Crippen LogP contribution in [0.15, 0.2) is 48.5 Å². The summed E-state index contributed by atoms with van der Waals surface area (Å²) in [4.78, 5) is 39.0. The number of imide groups is 1. The molecule has 0 saturated heterocycles. The Kier molecular flexibility index (Phi) is 4.99. The smallest absolute Gasteiger partial charge is 0.261 e. The van der Waals surface area contributed by atoms with Crippen LogP contribution in [-0.4, -0.2) is 28.7 Å². The number of carbonyl (C=O) groups is 3. The van der Waals surface area contributed by atoms with Gasteiger partial charge in [0.05, 0.1) is 17.7 Å². The van der Waals surface area contributed by atoms with Crippen LogP contribution in [0.1, 0.15) is 69.2 Å². The summed E-state index contributed by atoms with van der Waals surface area (Å²) in [6.07, 6.45) is 4.53. The van der Waals surface area contributed by atoms with Gasteiger partial charge in [0.2, 0.25) is 0 Å². The number of fused-ring (bicyclic) bond motifs is 1. The largest absolute Gasteiger partial charge is 0.349 e. The molecule has 1 fully saturated rings. The fourth-order valence-electron chi connectivity index (χ4n) is 4.16. The molecule has 5 heteroatoms. The van der Waals surface area contributed by atoms with E-state index >= 15 is 0 Å². The van der Waals surface area contributed by atoms with E-state index in [9.17, 15) is 14.4 Å². The van der Waals surface area contributed by atoms with E-state index in [1.165, 1.54) is 11.3 Å². The van der Waals surface area contributed by atoms with Gasteiger partial charge < -0.3 is 5.32 Å². The molecule has 0 radical (unpaired) electrons. The normalized spacial score (nSPS) is 21.5. The highest BCUT2D eigenvalue weighted by atomic mass is 16.2. The maximum absolute atomic E-state index is 12.7. The third-order valence-electron chi connectivity index (χ3n) is 5.84. The molecular weight excluding hydrogens is 352 g/mol. The average Bonchev–Trinajstić information content (AvgIpc) is 2.95. The van der Waals surface area contributed by atoms with E-state index in [1.807, 2.05) is 6.07 Å². The van der Waals surface area contributed by atoms with Crippen LogP contribution in [0.4, 0.5) is 0 Å². The van der Waals surface area contributed by atoms with Crippen molar-refractivity contribution in [3.05, 3.63) is 70.8 Å². The Balaban J connectivity index is 1.48. The Bertz CT molecular complexity index is 902. The SMILES string of the molecule is C[C@@H]1CCCC[C@@H]1NC(=O)c1cccc(CN2C(=O)c3ccccc3C2=O)c1. The number of nitrogens with one attached hydrogen (secondary N) is 1. The van der Waals surface area contributed by atoms with Crippen molar-refractivity contribution >= 4 is 17.7 Å². The summed E-state index contributed by atoms with van der Waals surface area (Å²) < 4.78 is 0. The van der Waals surface area contributed by atoms with E-state index < -0.39 is 0 Å². The van der Waals surface area contributed by atoms with Crippen molar-refractivity contribution in [3.8, 4) is 0 Å². The van der Waals surface area contributed by atoms with Gasteiger partial charge in [0.1, 0.15) is 0 Å². The maximum Gasteiger partial charge on any atom is 0.261 e. The lowest BCUT2D eigenvalue weighted by Gasteiger charge is -2.29. The second kappa shape index (κ2) is 7.58. The molecule has 5 nitrogen and oxygen atoms in total. The van der Waals surface area contributed by atoms with Gasteiger partial charge in [0, 0.05) is 11.6 Å². The quantitative estimate of drug-likeness (QED) is 0.826. The first-order chi connectivity index (χ1) is 13.5. The van der Waals surface area contributed by atoms with Crippen LogP contribution < -0.4 is 5.32 Å². The molecule has 144 valence electrons. The molecule has 28 heavy (non-hydrogen) atoms. The van der Waals surface area contributed by atoms with Crippen LogP contribution in [-0.2, 0) is 6.54 Å². The highest BCUT2D eigenvalue weighted by Gasteiger charge is 2.35. The maximum atomic E-state index is 12.7. The van der Waals surface area contributed by atoms with Crippen LogP contribution >= 0.6 is 0 Å². The molecule has 1 saturated carbocycles. The first-order valence-electron chi connectivity index (χ1n) is 9.89. The highest BCUT2D eigenvalue weighted by Crippen LogP contribution is 2.25. The van der Waals surface area contributed by atoms with Crippen LogP contribution in [0.2, 0.25) is 0 Å². The van der Waals surface area contributed by atoms with Crippen LogP contribution in [0, 0.1) is 5.92 Å². The molecule has 0 aromatic heterocycles. The van der Waals surface area contributed by atoms with Gasteiger partial charge >= 0.3 is 0 Å². The van der Waals surface area contributed by atoms with Crippen molar-refractivity contribution in [1.29, 1.82) is 0 Å². The molecule has 1 aliphatic heterocycles. The molecule has 2 aliphatic rings. The third-order valence-corrected chi connectivity index (χ3v) is 5.84. The zero-order valence-corrected chi connectivity index (χ0v) is 16.0. The number of nitrogens with zero attached hydrogens (tertiary/aromatic N) is 1. The van der Waals surface area contributed by atoms with Crippen LogP contribution in [0.25, 0.3) is 0 Å². The summed E-state index contributed by atoms with van der Waals surface area (Å²) in [5, 5.41) is 3.15. The van der Waals surface area contributed by atoms with Gasteiger partial charge in [-0.25, -0.2) is 0 Å². The van der Waals surface area contributed by atoms with Crippen LogP contribution in [0.5, 0.6) is 0 Å². The van der Waals surface area contributed by atoms with Crippen molar-refractivity contribution in [2.75, 3.05) is 0 Å². The predicted molar refractivity (Wildman–Crippen MR) is 106 cm³/mol. The number of rotatable bonds is 4. The van der Waals surface area contributed by atoms with E-state index in [0.717, 1.165) is 24.8 Å². The van der Waals surface area contributed by atoms with Gasteiger partial charge in [-0.15, -0.1) is 0 Å². The molecule has 1 N–H and O–H groups in total. The summed E-state index contributed by atoms with van der Waals surface area (Å²) in [5.74, 6) is -0.180. The second-order valence-electron chi connectivity index (χ2n) is 7.78. The van der Waals surface area contributed by atoms with Gasteiger partial charge in [-0.2, -0.15) is 0 Å². The van der Waals surface area contributed by atoms with E-state index in [4.69, 9.17) is 0 Å². The van der Waals surface area contributed by atoms with E-state index in [0.29, 0.717) is 22.6 Å². The minimum absolute atomic E-state index is 0.0945. The average molecular weight is 376 g/mol. The lowest BCUT2D eigenvalue weighted by molar-refractivity contribution is 0.0642. The van der Waals surface area contributed by atoms with Gasteiger partial charge in [-0.3, -0.25) is 19.3 Å². The molecule has 0 bridgehead atoms. The molecule has 2 aromatic carbocycles.